The lowest BCUT2D eigenvalue weighted by atomic mass is 10.1. The van der Waals surface area contributed by atoms with E-state index in [4.69, 9.17) is 0 Å². The van der Waals surface area contributed by atoms with E-state index in [0.29, 0.717) is 43.9 Å². The molecule has 0 N–H and O–H groups in total. The van der Waals surface area contributed by atoms with E-state index in [1.807, 2.05) is 19.0 Å². The summed E-state index contributed by atoms with van der Waals surface area (Å²) in [6.45, 7) is 1.44. The number of hydrogen-bond donors (Lipinski definition) is 0. The van der Waals surface area contributed by atoms with Gasteiger partial charge in [0.15, 0.2) is 17.3 Å². The van der Waals surface area contributed by atoms with Gasteiger partial charge in [0.1, 0.15) is 5.82 Å². The van der Waals surface area contributed by atoms with Crippen LogP contribution in [-0.4, -0.2) is 52.7 Å². The molecular weight excluding hydrogens is 417 g/mol. The van der Waals surface area contributed by atoms with Crippen LogP contribution in [-0.2, 0) is 19.4 Å². The molecule has 0 bridgehead atoms. The Morgan fingerprint density at radius 1 is 1.00 bits per heavy atom. The molecule has 1 aliphatic carbocycles. The molecule has 0 fully saturated rings. The Labute approximate surface area is 185 Å². The van der Waals surface area contributed by atoms with Gasteiger partial charge < -0.3 is 9.80 Å². The minimum atomic E-state index is -0.957. The second-order valence-corrected chi connectivity index (χ2v) is 8.29. The van der Waals surface area contributed by atoms with Gasteiger partial charge in [-0.15, -0.1) is 0 Å². The fourth-order valence-corrected chi connectivity index (χ4v) is 3.97. The molecule has 0 radical (unpaired) electrons. The molecule has 1 heterocycles. The SMILES string of the molecule is CN(C)CCN(Cc1ccc(F)cc1)C(=O)c1nn(-c2ccc(F)c(F)c2)c2c1CCC2. The van der Waals surface area contributed by atoms with Crippen LogP contribution in [0.2, 0.25) is 0 Å². The van der Waals surface area contributed by atoms with Crippen LogP contribution in [0.1, 0.15) is 33.7 Å². The quantitative estimate of drug-likeness (QED) is 0.556. The van der Waals surface area contributed by atoms with Gasteiger partial charge in [0, 0.05) is 37.0 Å². The first-order valence-corrected chi connectivity index (χ1v) is 10.6. The molecule has 1 aromatic heterocycles. The number of halogens is 3. The molecule has 0 aliphatic heterocycles. The molecule has 1 aliphatic rings. The van der Waals surface area contributed by atoms with Crippen LogP contribution >= 0.6 is 0 Å². The number of aromatic nitrogens is 2. The molecule has 0 spiro atoms. The Kier molecular flexibility index (Phi) is 6.32. The van der Waals surface area contributed by atoms with E-state index in [-0.39, 0.29) is 11.7 Å². The predicted molar refractivity (Wildman–Crippen MR) is 115 cm³/mol. The van der Waals surface area contributed by atoms with E-state index in [9.17, 15) is 18.0 Å². The van der Waals surface area contributed by atoms with Crippen molar-refractivity contribution in [3.8, 4) is 5.69 Å². The van der Waals surface area contributed by atoms with Gasteiger partial charge in [-0.25, -0.2) is 17.9 Å². The highest BCUT2D eigenvalue weighted by Gasteiger charge is 2.30. The fourth-order valence-electron chi connectivity index (χ4n) is 3.97. The minimum absolute atomic E-state index is 0.226. The summed E-state index contributed by atoms with van der Waals surface area (Å²) in [5.41, 5.74) is 3.25. The standard InChI is InChI=1S/C24H25F3N4O/c1-29(2)12-13-30(15-16-6-8-17(25)9-7-16)24(32)23-19-4-3-5-22(19)31(28-23)18-10-11-20(26)21(27)14-18/h6-11,14H,3-5,12-13,15H2,1-2H3. The van der Waals surface area contributed by atoms with Crippen LogP contribution in [0, 0.1) is 17.5 Å². The van der Waals surface area contributed by atoms with E-state index in [1.54, 1.807) is 21.7 Å². The molecule has 168 valence electrons. The molecule has 0 unspecified atom stereocenters. The third kappa shape index (κ3) is 4.55. The summed E-state index contributed by atoms with van der Waals surface area (Å²) in [7, 11) is 3.85. The van der Waals surface area contributed by atoms with Crippen molar-refractivity contribution in [3.63, 3.8) is 0 Å². The molecule has 0 saturated carbocycles. The van der Waals surface area contributed by atoms with Crippen molar-refractivity contribution in [1.29, 1.82) is 0 Å². The predicted octanol–water partition coefficient (Wildman–Crippen LogP) is 3.98. The summed E-state index contributed by atoms with van der Waals surface area (Å²) in [5.74, 6) is -2.44. The number of amides is 1. The second-order valence-electron chi connectivity index (χ2n) is 8.29. The molecule has 8 heteroatoms. The molecule has 5 nitrogen and oxygen atoms in total. The van der Waals surface area contributed by atoms with Crippen molar-refractivity contribution >= 4 is 5.91 Å². The summed E-state index contributed by atoms with van der Waals surface area (Å²) in [6.07, 6.45) is 2.29. The van der Waals surface area contributed by atoms with Gasteiger partial charge in [-0.2, -0.15) is 5.10 Å². The van der Waals surface area contributed by atoms with Crippen LogP contribution in [0.3, 0.4) is 0 Å². The summed E-state index contributed by atoms with van der Waals surface area (Å²) in [5, 5.41) is 4.54. The highest BCUT2D eigenvalue weighted by atomic mass is 19.2. The zero-order valence-corrected chi connectivity index (χ0v) is 18.1. The van der Waals surface area contributed by atoms with Crippen molar-refractivity contribution in [2.45, 2.75) is 25.8 Å². The van der Waals surface area contributed by atoms with Gasteiger partial charge in [0.2, 0.25) is 0 Å². The monoisotopic (exact) mass is 442 g/mol. The van der Waals surface area contributed by atoms with E-state index < -0.39 is 11.6 Å². The average Bonchev–Trinajstić information content (AvgIpc) is 3.37. The maximum Gasteiger partial charge on any atom is 0.275 e. The molecule has 1 amide bonds. The number of benzene rings is 2. The Balaban J connectivity index is 1.68. The van der Waals surface area contributed by atoms with Crippen molar-refractivity contribution in [1.82, 2.24) is 19.6 Å². The minimum Gasteiger partial charge on any atom is -0.332 e. The van der Waals surface area contributed by atoms with Crippen LogP contribution in [0.15, 0.2) is 42.5 Å². The third-order valence-electron chi connectivity index (χ3n) is 5.67. The first kappa shape index (κ1) is 22.1. The van der Waals surface area contributed by atoms with E-state index in [1.165, 1.54) is 18.2 Å². The van der Waals surface area contributed by atoms with Crippen LogP contribution < -0.4 is 0 Å². The Morgan fingerprint density at radius 2 is 1.75 bits per heavy atom. The van der Waals surface area contributed by atoms with Crippen molar-refractivity contribution in [2.75, 3.05) is 27.2 Å². The zero-order chi connectivity index (χ0) is 22.8. The van der Waals surface area contributed by atoms with Gasteiger partial charge in [0.05, 0.1) is 5.69 Å². The average molecular weight is 442 g/mol. The molecule has 32 heavy (non-hydrogen) atoms. The summed E-state index contributed by atoms with van der Waals surface area (Å²) < 4.78 is 42.1. The van der Waals surface area contributed by atoms with Crippen LogP contribution in [0.4, 0.5) is 13.2 Å². The summed E-state index contributed by atoms with van der Waals surface area (Å²) in [6, 6.07) is 9.69. The van der Waals surface area contributed by atoms with Gasteiger partial charge in [0.25, 0.3) is 5.91 Å². The second kappa shape index (κ2) is 9.16. The maximum absolute atomic E-state index is 13.8. The molecular formula is C24H25F3N4O. The molecule has 3 aromatic rings. The van der Waals surface area contributed by atoms with E-state index in [0.717, 1.165) is 35.4 Å². The highest BCUT2D eigenvalue weighted by molar-refractivity contribution is 5.94. The fraction of sp³-hybridized carbons (Fsp3) is 0.333. The molecule has 0 saturated heterocycles. The van der Waals surface area contributed by atoms with E-state index in [2.05, 4.69) is 5.10 Å². The summed E-state index contributed by atoms with van der Waals surface area (Å²) >= 11 is 0. The molecule has 0 atom stereocenters. The third-order valence-corrected chi connectivity index (χ3v) is 5.67. The van der Waals surface area contributed by atoms with Crippen molar-refractivity contribution in [2.24, 2.45) is 0 Å². The molecule has 4 rings (SSSR count). The Bertz CT molecular complexity index is 1130. The van der Waals surface area contributed by atoms with Gasteiger partial charge >= 0.3 is 0 Å². The number of carbonyl (C=O) groups is 1. The van der Waals surface area contributed by atoms with Crippen molar-refractivity contribution in [3.05, 3.63) is 82.4 Å². The lowest BCUT2D eigenvalue weighted by Crippen LogP contribution is -2.37. The Morgan fingerprint density at radius 3 is 2.44 bits per heavy atom. The number of rotatable bonds is 7. The number of carbonyl (C=O) groups excluding carboxylic acids is 1. The normalized spacial score (nSPS) is 12.9. The number of nitrogens with zero attached hydrogens (tertiary/aromatic N) is 4. The number of fused-ring (bicyclic) bond motifs is 1. The number of hydrogen-bond acceptors (Lipinski definition) is 3. The maximum atomic E-state index is 13.8. The number of likely N-dealkylation sites (N-methyl/N-ethyl adjacent to an activating group) is 1. The van der Waals surface area contributed by atoms with Gasteiger partial charge in [-0.3, -0.25) is 4.79 Å². The lowest BCUT2D eigenvalue weighted by molar-refractivity contribution is 0.0724. The first-order valence-electron chi connectivity index (χ1n) is 10.6. The van der Waals surface area contributed by atoms with Crippen LogP contribution in [0.25, 0.3) is 5.69 Å². The largest absolute Gasteiger partial charge is 0.332 e. The van der Waals surface area contributed by atoms with Crippen molar-refractivity contribution < 1.29 is 18.0 Å². The van der Waals surface area contributed by atoms with E-state index >= 15 is 0 Å². The first-order chi connectivity index (χ1) is 15.3. The smallest absolute Gasteiger partial charge is 0.275 e. The topological polar surface area (TPSA) is 41.4 Å². The summed E-state index contributed by atoms with van der Waals surface area (Å²) in [4.78, 5) is 17.3. The molecule has 2 aromatic carbocycles. The van der Waals surface area contributed by atoms with Gasteiger partial charge in [-0.1, -0.05) is 12.1 Å². The lowest BCUT2D eigenvalue weighted by Gasteiger charge is -2.24. The van der Waals surface area contributed by atoms with Crippen LogP contribution in [0.5, 0.6) is 0 Å². The zero-order valence-electron chi connectivity index (χ0n) is 18.1. The van der Waals surface area contributed by atoms with Gasteiger partial charge in [-0.05, 0) is 63.2 Å². The Hall–Kier alpha value is -3.13. The highest BCUT2D eigenvalue weighted by Crippen LogP contribution is 2.29.